The summed E-state index contributed by atoms with van der Waals surface area (Å²) in [4.78, 5) is 0. The van der Waals surface area contributed by atoms with E-state index in [1.54, 1.807) is 18.6 Å². The fourth-order valence-electron chi connectivity index (χ4n) is 1.67. The molecule has 1 aliphatic heterocycles. The van der Waals surface area contributed by atoms with Crippen molar-refractivity contribution in [1.29, 1.82) is 0 Å². The Bertz CT molecular complexity index is 391. The molecule has 5 heteroatoms. The van der Waals surface area contributed by atoms with Crippen LogP contribution in [0, 0.1) is 12.2 Å². The molecule has 0 saturated carbocycles. The van der Waals surface area contributed by atoms with Crippen molar-refractivity contribution < 1.29 is 14.2 Å². The van der Waals surface area contributed by atoms with Gasteiger partial charge in [-0.1, -0.05) is 12.1 Å². The first-order chi connectivity index (χ1) is 8.12. The predicted molar refractivity (Wildman–Crippen MR) is 63.7 cm³/mol. The lowest BCUT2D eigenvalue weighted by Gasteiger charge is -2.36. The number of hydrogen-bond acceptors (Lipinski definition) is 3. The molecule has 1 fully saturated rings. The molecule has 1 aromatic carbocycles. The van der Waals surface area contributed by atoms with Crippen LogP contribution in [0.2, 0.25) is 0 Å². The third-order valence-electron chi connectivity index (χ3n) is 2.76. The second kappa shape index (κ2) is 5.21. The van der Waals surface area contributed by atoms with Gasteiger partial charge in [-0.05, 0) is 12.1 Å². The maximum Gasteiger partial charge on any atom is 0.165 e. The van der Waals surface area contributed by atoms with Crippen LogP contribution in [0.5, 0.6) is 5.75 Å². The van der Waals surface area contributed by atoms with Crippen LogP contribution in [0.25, 0.3) is 0 Å². The van der Waals surface area contributed by atoms with Crippen molar-refractivity contribution in [1.82, 2.24) is 5.32 Å². The van der Waals surface area contributed by atoms with E-state index in [4.69, 9.17) is 16.3 Å². The Morgan fingerprint density at radius 1 is 1.53 bits per heavy atom. The van der Waals surface area contributed by atoms with Crippen LogP contribution in [-0.2, 0) is 0 Å². The van der Waals surface area contributed by atoms with Crippen molar-refractivity contribution in [3.63, 3.8) is 0 Å². The predicted octanol–water partition coefficient (Wildman–Crippen LogP) is 1.35. The van der Waals surface area contributed by atoms with Gasteiger partial charge in [-0.15, -0.1) is 11.6 Å². The largest absolute Gasteiger partial charge is 0.487 e. The number of rotatable bonds is 3. The molecule has 0 aliphatic carbocycles. The molecular weight excluding hydrogens is 245 g/mol. The summed E-state index contributed by atoms with van der Waals surface area (Å²) in [7, 11) is 0. The molecule has 3 nitrogen and oxygen atoms in total. The molecule has 1 heterocycles. The van der Waals surface area contributed by atoms with Gasteiger partial charge in [0.05, 0.1) is 5.38 Å². The van der Waals surface area contributed by atoms with Gasteiger partial charge in [0.2, 0.25) is 0 Å². The van der Waals surface area contributed by atoms with Gasteiger partial charge in [0.15, 0.2) is 11.6 Å². The minimum absolute atomic E-state index is 0.0518. The number of nitrogens with one attached hydrogen (secondary N) is 1. The lowest BCUT2D eigenvalue weighted by Crippen LogP contribution is -2.55. The maximum absolute atomic E-state index is 13.3. The van der Waals surface area contributed by atoms with Crippen LogP contribution in [0.15, 0.2) is 24.3 Å². The highest BCUT2D eigenvalue weighted by Crippen LogP contribution is 2.25. The van der Waals surface area contributed by atoms with E-state index < -0.39 is 16.8 Å². The van der Waals surface area contributed by atoms with Gasteiger partial charge < -0.3 is 15.2 Å². The van der Waals surface area contributed by atoms with E-state index in [9.17, 15) is 9.50 Å². The average Bonchev–Trinajstić information content (AvgIpc) is 2.32. The first kappa shape index (κ1) is 12.6. The van der Waals surface area contributed by atoms with Gasteiger partial charge in [-0.2, -0.15) is 0 Å². The normalized spacial score (nSPS) is 29.0. The van der Waals surface area contributed by atoms with Gasteiger partial charge in [0.1, 0.15) is 12.2 Å². The summed E-state index contributed by atoms with van der Waals surface area (Å²) in [5.74, 6) is -0.326. The molecule has 2 atom stereocenters. The zero-order valence-corrected chi connectivity index (χ0v) is 9.95. The first-order valence-corrected chi connectivity index (χ1v) is 5.84. The summed E-state index contributed by atoms with van der Waals surface area (Å²) >= 11 is 6.01. The second-order valence-corrected chi connectivity index (χ2v) is 4.57. The minimum Gasteiger partial charge on any atom is -0.487 e. The molecule has 1 aliphatic rings. The van der Waals surface area contributed by atoms with E-state index in [0.717, 1.165) is 0 Å². The molecule has 93 valence electrons. The molecule has 0 bridgehead atoms. The Balaban J connectivity index is 1.99. The average molecular weight is 259 g/mol. The van der Waals surface area contributed by atoms with Gasteiger partial charge >= 0.3 is 0 Å². The molecule has 2 rings (SSSR count). The molecule has 0 amide bonds. The molecule has 1 aromatic rings. The summed E-state index contributed by atoms with van der Waals surface area (Å²) in [6.45, 7) is 0.999. The fourth-order valence-corrected chi connectivity index (χ4v) is 1.93. The van der Waals surface area contributed by atoms with Crippen LogP contribution in [0.1, 0.15) is 0 Å². The first-order valence-electron chi connectivity index (χ1n) is 5.41. The highest BCUT2D eigenvalue weighted by atomic mass is 35.5. The summed E-state index contributed by atoms with van der Waals surface area (Å²) < 4.78 is 18.6. The van der Waals surface area contributed by atoms with E-state index in [2.05, 4.69) is 5.32 Å². The lowest BCUT2D eigenvalue weighted by molar-refractivity contribution is 0.00939. The van der Waals surface area contributed by atoms with Crippen LogP contribution in [0.3, 0.4) is 0 Å². The molecule has 1 saturated heterocycles. The summed E-state index contributed by atoms with van der Waals surface area (Å²) in [5.41, 5.74) is -1.23. The summed E-state index contributed by atoms with van der Waals surface area (Å²) in [6.07, 6.45) is 1.65. The Morgan fingerprint density at radius 2 is 2.29 bits per heavy atom. The number of piperidine rings is 1. The quantitative estimate of drug-likeness (QED) is 0.805. The van der Waals surface area contributed by atoms with Crippen LogP contribution >= 0.6 is 11.6 Å². The zero-order chi connectivity index (χ0) is 12.3. The van der Waals surface area contributed by atoms with Gasteiger partial charge in [-0.3, -0.25) is 0 Å². The zero-order valence-electron chi connectivity index (χ0n) is 9.20. The molecule has 2 N–H and O–H groups in total. The number of alkyl halides is 1. The topological polar surface area (TPSA) is 41.5 Å². The molecular formula is C12H14ClFNO2. The minimum atomic E-state index is -1.23. The third kappa shape index (κ3) is 2.89. The lowest BCUT2D eigenvalue weighted by atomic mass is 9.93. The number of aliphatic hydroxyl groups is 1. The number of para-hydroxylation sites is 1. The Hall–Kier alpha value is -0.840. The van der Waals surface area contributed by atoms with Gasteiger partial charge in [0.25, 0.3) is 0 Å². The molecule has 0 aromatic heterocycles. The van der Waals surface area contributed by atoms with Crippen molar-refractivity contribution in [3.05, 3.63) is 36.5 Å². The standard InChI is InChI=1S/C12H14ClFNO2/c13-11-7-15-6-5-12(11,16)8-17-10-4-2-1-3-9(10)14/h1-5,11,15-16H,6-8H2. The molecule has 0 spiro atoms. The summed E-state index contributed by atoms with van der Waals surface area (Å²) in [6, 6.07) is 6.08. The molecule has 1 radical (unpaired) electrons. The van der Waals surface area contributed by atoms with Crippen LogP contribution < -0.4 is 10.1 Å². The Morgan fingerprint density at radius 3 is 3.00 bits per heavy atom. The Kier molecular flexibility index (Phi) is 3.86. The van der Waals surface area contributed by atoms with Crippen molar-refractivity contribution in [2.75, 3.05) is 19.7 Å². The molecule has 2 unspecified atom stereocenters. The van der Waals surface area contributed by atoms with Crippen molar-refractivity contribution in [3.8, 4) is 5.75 Å². The van der Waals surface area contributed by atoms with E-state index in [1.165, 1.54) is 12.1 Å². The van der Waals surface area contributed by atoms with E-state index in [0.29, 0.717) is 13.1 Å². The Labute approximate surface area is 105 Å². The second-order valence-electron chi connectivity index (χ2n) is 4.04. The van der Waals surface area contributed by atoms with Crippen molar-refractivity contribution in [2.45, 2.75) is 11.0 Å². The fraction of sp³-hybridized carbons (Fsp3) is 0.417. The van der Waals surface area contributed by atoms with Crippen LogP contribution in [0.4, 0.5) is 4.39 Å². The van der Waals surface area contributed by atoms with Crippen molar-refractivity contribution >= 4 is 11.6 Å². The number of halogens is 2. The highest BCUT2D eigenvalue weighted by molar-refractivity contribution is 6.21. The van der Waals surface area contributed by atoms with Gasteiger partial charge in [-0.25, -0.2) is 4.39 Å². The highest BCUT2D eigenvalue weighted by Gasteiger charge is 2.39. The van der Waals surface area contributed by atoms with Gasteiger partial charge in [0, 0.05) is 19.5 Å². The monoisotopic (exact) mass is 258 g/mol. The third-order valence-corrected chi connectivity index (χ3v) is 3.29. The van der Waals surface area contributed by atoms with E-state index in [-0.39, 0.29) is 12.4 Å². The summed E-state index contributed by atoms with van der Waals surface area (Å²) in [5, 5.41) is 12.8. The maximum atomic E-state index is 13.3. The SMILES string of the molecule is OC1(COc2ccccc2F)[CH]CNCC1Cl. The van der Waals surface area contributed by atoms with Crippen LogP contribution in [-0.4, -0.2) is 35.8 Å². The smallest absolute Gasteiger partial charge is 0.165 e. The number of hydrogen-bond donors (Lipinski definition) is 2. The molecule has 17 heavy (non-hydrogen) atoms. The number of ether oxygens (including phenoxy) is 1. The van der Waals surface area contributed by atoms with E-state index >= 15 is 0 Å². The van der Waals surface area contributed by atoms with E-state index in [1.807, 2.05) is 0 Å². The number of benzene rings is 1. The van der Waals surface area contributed by atoms with Crippen molar-refractivity contribution in [2.24, 2.45) is 0 Å².